The monoisotopic (exact) mass is 233 g/mol. The van der Waals surface area contributed by atoms with Crippen molar-refractivity contribution in [3.05, 3.63) is 41.9 Å². The average molecular weight is 233 g/mol. The molecule has 0 saturated carbocycles. The van der Waals surface area contributed by atoms with Crippen LogP contribution in [0.25, 0.3) is 0 Å². The van der Waals surface area contributed by atoms with Gasteiger partial charge in [0.1, 0.15) is 6.10 Å². The molecular weight excluding hydrogens is 218 g/mol. The Labute approximate surface area is 99.7 Å². The maximum atomic E-state index is 10.2. The van der Waals surface area contributed by atoms with E-state index in [9.17, 15) is 5.11 Å². The summed E-state index contributed by atoms with van der Waals surface area (Å²) in [6, 6.07) is 5.33. The first-order valence-corrected chi connectivity index (χ1v) is 5.46. The lowest BCUT2D eigenvalue weighted by atomic mass is 10.1. The van der Waals surface area contributed by atoms with Crippen LogP contribution in [-0.2, 0) is 6.54 Å². The molecule has 5 heteroatoms. The molecule has 0 aliphatic heterocycles. The Kier molecular flexibility index (Phi) is 3.39. The van der Waals surface area contributed by atoms with Crippen molar-refractivity contribution >= 4 is 0 Å². The van der Waals surface area contributed by atoms with E-state index >= 15 is 0 Å². The highest BCUT2D eigenvalue weighted by Crippen LogP contribution is 2.22. The molecule has 2 rings (SSSR count). The van der Waals surface area contributed by atoms with Crippen LogP contribution < -0.4 is 4.74 Å². The number of aromatic nitrogens is 3. The fourth-order valence-corrected chi connectivity index (χ4v) is 1.68. The maximum Gasteiger partial charge on any atom is 0.212 e. The number of nitrogens with zero attached hydrogens (tertiary/aromatic N) is 3. The van der Waals surface area contributed by atoms with E-state index < -0.39 is 6.10 Å². The van der Waals surface area contributed by atoms with E-state index in [2.05, 4.69) is 10.1 Å². The zero-order chi connectivity index (χ0) is 12.3. The smallest absolute Gasteiger partial charge is 0.212 e. The van der Waals surface area contributed by atoms with Crippen LogP contribution in [0.1, 0.15) is 24.3 Å². The fourth-order valence-electron chi connectivity index (χ4n) is 1.68. The summed E-state index contributed by atoms with van der Waals surface area (Å²) >= 11 is 0. The lowest BCUT2D eigenvalue weighted by molar-refractivity contribution is 0.207. The van der Waals surface area contributed by atoms with Gasteiger partial charge in [-0.05, 0) is 19.1 Å². The molecule has 2 aromatic rings. The van der Waals surface area contributed by atoms with Crippen molar-refractivity contribution in [2.75, 3.05) is 7.11 Å². The van der Waals surface area contributed by atoms with Gasteiger partial charge in [-0.15, -0.1) is 0 Å². The van der Waals surface area contributed by atoms with Crippen molar-refractivity contribution in [2.45, 2.75) is 19.6 Å². The van der Waals surface area contributed by atoms with Gasteiger partial charge in [0.2, 0.25) is 5.88 Å². The predicted molar refractivity (Wildman–Crippen MR) is 62.8 cm³/mol. The van der Waals surface area contributed by atoms with Gasteiger partial charge < -0.3 is 9.84 Å². The SMILES string of the molecule is CCn1nccc1C(O)c1ccc(OC)nc1. The van der Waals surface area contributed by atoms with Crippen LogP contribution in [0.5, 0.6) is 5.88 Å². The molecule has 0 spiro atoms. The Morgan fingerprint density at radius 1 is 1.41 bits per heavy atom. The third-order valence-corrected chi connectivity index (χ3v) is 2.61. The summed E-state index contributed by atoms with van der Waals surface area (Å²) in [5.74, 6) is 0.532. The Hall–Kier alpha value is -1.88. The Bertz CT molecular complexity index is 479. The van der Waals surface area contributed by atoms with Crippen LogP contribution in [0.2, 0.25) is 0 Å². The second-order valence-corrected chi connectivity index (χ2v) is 3.61. The molecule has 0 aliphatic carbocycles. The van der Waals surface area contributed by atoms with E-state index in [4.69, 9.17) is 4.74 Å². The van der Waals surface area contributed by atoms with E-state index in [1.165, 1.54) is 0 Å². The van der Waals surface area contributed by atoms with Crippen LogP contribution in [0.3, 0.4) is 0 Å². The van der Waals surface area contributed by atoms with E-state index in [-0.39, 0.29) is 0 Å². The van der Waals surface area contributed by atoms with Crippen LogP contribution >= 0.6 is 0 Å². The van der Waals surface area contributed by atoms with Crippen LogP contribution in [0.4, 0.5) is 0 Å². The van der Waals surface area contributed by atoms with Crippen molar-refractivity contribution < 1.29 is 9.84 Å². The van der Waals surface area contributed by atoms with Crippen molar-refractivity contribution in [2.24, 2.45) is 0 Å². The number of pyridine rings is 1. The molecule has 2 aromatic heterocycles. The third kappa shape index (κ3) is 2.29. The van der Waals surface area contributed by atoms with Gasteiger partial charge in [0, 0.05) is 30.6 Å². The highest BCUT2D eigenvalue weighted by atomic mass is 16.5. The van der Waals surface area contributed by atoms with Crippen LogP contribution in [-0.4, -0.2) is 27.0 Å². The summed E-state index contributed by atoms with van der Waals surface area (Å²) in [5, 5.41) is 14.3. The van der Waals surface area contributed by atoms with Crippen molar-refractivity contribution in [1.29, 1.82) is 0 Å². The van der Waals surface area contributed by atoms with E-state index in [0.717, 1.165) is 17.8 Å². The van der Waals surface area contributed by atoms with Gasteiger partial charge in [-0.3, -0.25) is 4.68 Å². The molecule has 5 nitrogen and oxygen atoms in total. The number of aliphatic hydroxyl groups is 1. The molecule has 2 heterocycles. The summed E-state index contributed by atoms with van der Waals surface area (Å²) in [7, 11) is 1.56. The number of methoxy groups -OCH3 is 1. The minimum absolute atomic E-state index is 0.532. The molecule has 1 N–H and O–H groups in total. The molecule has 17 heavy (non-hydrogen) atoms. The van der Waals surface area contributed by atoms with Crippen LogP contribution in [0, 0.1) is 0 Å². The van der Waals surface area contributed by atoms with Crippen LogP contribution in [0.15, 0.2) is 30.6 Å². The summed E-state index contributed by atoms with van der Waals surface area (Å²) in [6.07, 6.45) is 2.58. The van der Waals surface area contributed by atoms with Gasteiger partial charge in [-0.1, -0.05) is 0 Å². The highest BCUT2D eigenvalue weighted by molar-refractivity contribution is 5.25. The third-order valence-electron chi connectivity index (χ3n) is 2.61. The van der Waals surface area contributed by atoms with Gasteiger partial charge in [-0.25, -0.2) is 4.98 Å². The zero-order valence-electron chi connectivity index (χ0n) is 9.87. The Balaban J connectivity index is 2.27. The highest BCUT2D eigenvalue weighted by Gasteiger charge is 2.15. The minimum atomic E-state index is -0.712. The normalized spacial score (nSPS) is 12.4. The molecule has 0 aliphatic rings. The summed E-state index contributed by atoms with van der Waals surface area (Å²) in [6.45, 7) is 2.71. The van der Waals surface area contributed by atoms with Crippen molar-refractivity contribution in [1.82, 2.24) is 14.8 Å². The molecule has 0 aromatic carbocycles. The summed E-state index contributed by atoms with van der Waals surface area (Å²) < 4.78 is 6.73. The fraction of sp³-hybridized carbons (Fsp3) is 0.333. The standard InChI is InChI=1S/C12H15N3O2/c1-3-15-10(6-7-14-15)12(16)9-4-5-11(17-2)13-8-9/h4-8,12,16H,3H2,1-2H3. The molecule has 0 radical (unpaired) electrons. The summed E-state index contributed by atoms with van der Waals surface area (Å²) in [4.78, 5) is 4.07. The van der Waals surface area contributed by atoms with Gasteiger partial charge in [-0.2, -0.15) is 5.10 Å². The second-order valence-electron chi connectivity index (χ2n) is 3.61. The molecule has 90 valence electrons. The van der Waals surface area contributed by atoms with Gasteiger partial charge >= 0.3 is 0 Å². The first-order valence-electron chi connectivity index (χ1n) is 5.46. The minimum Gasteiger partial charge on any atom is -0.481 e. The molecule has 1 atom stereocenters. The number of aryl methyl sites for hydroxylation is 1. The molecule has 0 bridgehead atoms. The number of aliphatic hydroxyl groups excluding tert-OH is 1. The Morgan fingerprint density at radius 3 is 2.82 bits per heavy atom. The molecule has 0 fully saturated rings. The lowest BCUT2D eigenvalue weighted by Gasteiger charge is -2.12. The van der Waals surface area contributed by atoms with Gasteiger partial charge in [0.05, 0.1) is 12.8 Å². The first-order chi connectivity index (χ1) is 8.26. The second kappa shape index (κ2) is 4.97. The quantitative estimate of drug-likeness (QED) is 0.866. The Morgan fingerprint density at radius 2 is 2.24 bits per heavy atom. The zero-order valence-corrected chi connectivity index (χ0v) is 9.87. The number of rotatable bonds is 4. The maximum absolute atomic E-state index is 10.2. The number of hydrogen-bond donors (Lipinski definition) is 1. The van der Waals surface area contributed by atoms with Crippen molar-refractivity contribution in [3.8, 4) is 5.88 Å². The molecular formula is C12H15N3O2. The first kappa shape index (κ1) is 11.6. The number of hydrogen-bond acceptors (Lipinski definition) is 4. The topological polar surface area (TPSA) is 60.2 Å². The average Bonchev–Trinajstić information content (AvgIpc) is 2.86. The van der Waals surface area contributed by atoms with Gasteiger partial charge in [0.25, 0.3) is 0 Å². The largest absolute Gasteiger partial charge is 0.481 e. The lowest BCUT2D eigenvalue weighted by Crippen LogP contribution is -2.09. The molecule has 1 unspecified atom stereocenters. The van der Waals surface area contributed by atoms with E-state index in [0.29, 0.717) is 5.88 Å². The van der Waals surface area contributed by atoms with Gasteiger partial charge in [0.15, 0.2) is 0 Å². The van der Waals surface area contributed by atoms with E-state index in [1.54, 1.807) is 42.4 Å². The van der Waals surface area contributed by atoms with Crippen molar-refractivity contribution in [3.63, 3.8) is 0 Å². The van der Waals surface area contributed by atoms with E-state index in [1.807, 2.05) is 6.92 Å². The molecule has 0 amide bonds. The predicted octanol–water partition coefficient (Wildman–Crippen LogP) is 1.39. The molecule has 0 saturated heterocycles. The number of ether oxygens (including phenoxy) is 1. The summed E-state index contributed by atoms with van der Waals surface area (Å²) in [5.41, 5.74) is 1.49.